The minimum absolute atomic E-state index is 0.0824. The Morgan fingerprint density at radius 2 is 2.12 bits per heavy atom. The Balaban J connectivity index is 2.23. The standard InChI is InChI=1S/C13H16N2O/c1-2-11(14)9-16-12-7-3-5-10-6-4-8-15-13(10)12/h3-8,11H,2,9,14H2,1H3. The van der Waals surface area contributed by atoms with Crippen LogP contribution in [0.4, 0.5) is 0 Å². The SMILES string of the molecule is CCC(N)COc1cccc2cccnc12. The number of rotatable bonds is 4. The molecule has 0 aliphatic heterocycles. The molecule has 0 fully saturated rings. The quantitative estimate of drug-likeness (QED) is 0.853. The molecule has 0 spiro atoms. The van der Waals surface area contributed by atoms with E-state index in [2.05, 4.69) is 11.9 Å². The molecule has 1 aromatic heterocycles. The molecular weight excluding hydrogens is 200 g/mol. The number of hydrogen-bond donors (Lipinski definition) is 1. The van der Waals surface area contributed by atoms with Gasteiger partial charge in [0, 0.05) is 17.6 Å². The van der Waals surface area contributed by atoms with Crippen molar-refractivity contribution in [2.24, 2.45) is 5.73 Å². The lowest BCUT2D eigenvalue weighted by molar-refractivity contribution is 0.288. The molecule has 3 heteroatoms. The van der Waals surface area contributed by atoms with Crippen LogP contribution in [-0.4, -0.2) is 17.6 Å². The van der Waals surface area contributed by atoms with Gasteiger partial charge in [0.05, 0.1) is 0 Å². The number of nitrogens with two attached hydrogens (primary N) is 1. The Labute approximate surface area is 95.2 Å². The van der Waals surface area contributed by atoms with E-state index in [-0.39, 0.29) is 6.04 Å². The zero-order chi connectivity index (χ0) is 11.4. The molecule has 0 aliphatic rings. The molecule has 0 saturated heterocycles. The largest absolute Gasteiger partial charge is 0.490 e. The van der Waals surface area contributed by atoms with Crippen LogP contribution >= 0.6 is 0 Å². The summed E-state index contributed by atoms with van der Waals surface area (Å²) in [5.74, 6) is 0.807. The predicted octanol–water partition coefficient (Wildman–Crippen LogP) is 2.35. The maximum Gasteiger partial charge on any atom is 0.145 e. The molecule has 3 nitrogen and oxygen atoms in total. The van der Waals surface area contributed by atoms with Gasteiger partial charge in [-0.3, -0.25) is 4.98 Å². The van der Waals surface area contributed by atoms with Crippen LogP contribution in [-0.2, 0) is 0 Å². The van der Waals surface area contributed by atoms with Crippen molar-refractivity contribution >= 4 is 10.9 Å². The van der Waals surface area contributed by atoms with Crippen molar-refractivity contribution in [1.29, 1.82) is 0 Å². The van der Waals surface area contributed by atoms with E-state index in [0.29, 0.717) is 6.61 Å². The van der Waals surface area contributed by atoms with Gasteiger partial charge in [-0.25, -0.2) is 0 Å². The lowest BCUT2D eigenvalue weighted by atomic mass is 10.2. The van der Waals surface area contributed by atoms with Gasteiger partial charge in [-0.2, -0.15) is 0 Å². The second-order valence-electron chi connectivity index (χ2n) is 3.81. The summed E-state index contributed by atoms with van der Waals surface area (Å²) in [4.78, 5) is 4.32. The van der Waals surface area contributed by atoms with E-state index in [1.807, 2.05) is 30.3 Å². The molecule has 2 rings (SSSR count). The van der Waals surface area contributed by atoms with Crippen LogP contribution < -0.4 is 10.5 Å². The monoisotopic (exact) mass is 216 g/mol. The van der Waals surface area contributed by atoms with Crippen LogP contribution in [0.25, 0.3) is 10.9 Å². The molecule has 2 N–H and O–H groups in total. The van der Waals surface area contributed by atoms with E-state index in [0.717, 1.165) is 23.1 Å². The van der Waals surface area contributed by atoms with Gasteiger partial charge >= 0.3 is 0 Å². The second-order valence-corrected chi connectivity index (χ2v) is 3.81. The fourth-order valence-corrected chi connectivity index (χ4v) is 1.51. The normalized spacial score (nSPS) is 12.6. The number of para-hydroxylation sites is 1. The first-order chi connectivity index (χ1) is 7.81. The average molecular weight is 216 g/mol. The first kappa shape index (κ1) is 10.9. The van der Waals surface area contributed by atoms with Gasteiger partial charge in [-0.1, -0.05) is 25.1 Å². The number of nitrogens with zero attached hydrogens (tertiary/aromatic N) is 1. The summed E-state index contributed by atoms with van der Waals surface area (Å²) in [6, 6.07) is 9.95. The molecular formula is C13H16N2O. The van der Waals surface area contributed by atoms with Crippen LogP contribution in [0.3, 0.4) is 0 Å². The minimum Gasteiger partial charge on any atom is -0.490 e. The fourth-order valence-electron chi connectivity index (χ4n) is 1.51. The molecule has 84 valence electrons. The number of fused-ring (bicyclic) bond motifs is 1. The zero-order valence-electron chi connectivity index (χ0n) is 9.39. The van der Waals surface area contributed by atoms with Crippen LogP contribution in [0.15, 0.2) is 36.5 Å². The van der Waals surface area contributed by atoms with E-state index in [4.69, 9.17) is 10.5 Å². The number of hydrogen-bond acceptors (Lipinski definition) is 3. The van der Waals surface area contributed by atoms with Crippen molar-refractivity contribution in [2.45, 2.75) is 19.4 Å². The highest BCUT2D eigenvalue weighted by molar-refractivity contribution is 5.84. The van der Waals surface area contributed by atoms with Crippen molar-refractivity contribution in [3.8, 4) is 5.75 Å². The molecule has 1 heterocycles. The van der Waals surface area contributed by atoms with Crippen LogP contribution in [0.5, 0.6) is 5.75 Å². The van der Waals surface area contributed by atoms with Crippen molar-refractivity contribution in [1.82, 2.24) is 4.98 Å². The highest BCUT2D eigenvalue weighted by Gasteiger charge is 2.04. The third-order valence-electron chi connectivity index (χ3n) is 2.57. The summed E-state index contributed by atoms with van der Waals surface area (Å²) in [5.41, 5.74) is 6.72. The fraction of sp³-hybridized carbons (Fsp3) is 0.308. The van der Waals surface area contributed by atoms with Crippen molar-refractivity contribution < 1.29 is 4.74 Å². The summed E-state index contributed by atoms with van der Waals surface area (Å²) >= 11 is 0. The van der Waals surface area contributed by atoms with Gasteiger partial charge in [0.2, 0.25) is 0 Å². The smallest absolute Gasteiger partial charge is 0.145 e. The summed E-state index contributed by atoms with van der Waals surface area (Å²) in [6.45, 7) is 2.58. The molecule has 0 amide bonds. The minimum atomic E-state index is 0.0824. The molecule has 0 bridgehead atoms. The topological polar surface area (TPSA) is 48.1 Å². The lowest BCUT2D eigenvalue weighted by Crippen LogP contribution is -2.26. The van der Waals surface area contributed by atoms with Crippen LogP contribution in [0.2, 0.25) is 0 Å². The Morgan fingerprint density at radius 3 is 2.94 bits per heavy atom. The Hall–Kier alpha value is -1.61. The highest BCUT2D eigenvalue weighted by atomic mass is 16.5. The molecule has 1 atom stereocenters. The number of aromatic nitrogens is 1. The van der Waals surface area contributed by atoms with Gasteiger partial charge < -0.3 is 10.5 Å². The molecule has 1 aromatic carbocycles. The molecule has 0 radical (unpaired) electrons. The number of benzene rings is 1. The van der Waals surface area contributed by atoms with Crippen molar-refractivity contribution in [3.05, 3.63) is 36.5 Å². The van der Waals surface area contributed by atoms with Crippen molar-refractivity contribution in [2.75, 3.05) is 6.61 Å². The van der Waals surface area contributed by atoms with E-state index in [1.54, 1.807) is 6.20 Å². The van der Waals surface area contributed by atoms with Gasteiger partial charge in [-0.05, 0) is 18.6 Å². The first-order valence-electron chi connectivity index (χ1n) is 5.53. The van der Waals surface area contributed by atoms with Gasteiger partial charge in [0.1, 0.15) is 17.9 Å². The first-order valence-corrected chi connectivity index (χ1v) is 5.53. The summed E-state index contributed by atoms with van der Waals surface area (Å²) in [6.07, 6.45) is 2.69. The third-order valence-corrected chi connectivity index (χ3v) is 2.57. The summed E-state index contributed by atoms with van der Waals surface area (Å²) < 4.78 is 5.68. The maximum absolute atomic E-state index is 5.82. The van der Waals surface area contributed by atoms with E-state index >= 15 is 0 Å². The maximum atomic E-state index is 5.82. The van der Waals surface area contributed by atoms with Crippen molar-refractivity contribution in [3.63, 3.8) is 0 Å². The van der Waals surface area contributed by atoms with E-state index < -0.39 is 0 Å². The zero-order valence-corrected chi connectivity index (χ0v) is 9.39. The Bertz CT molecular complexity index is 465. The summed E-state index contributed by atoms with van der Waals surface area (Å²) in [7, 11) is 0. The Morgan fingerprint density at radius 1 is 1.31 bits per heavy atom. The third kappa shape index (κ3) is 2.31. The number of pyridine rings is 1. The van der Waals surface area contributed by atoms with E-state index in [9.17, 15) is 0 Å². The van der Waals surface area contributed by atoms with Crippen LogP contribution in [0.1, 0.15) is 13.3 Å². The van der Waals surface area contributed by atoms with Crippen LogP contribution in [0, 0.1) is 0 Å². The average Bonchev–Trinajstić information content (AvgIpc) is 2.35. The molecule has 2 aromatic rings. The highest BCUT2D eigenvalue weighted by Crippen LogP contribution is 2.22. The lowest BCUT2D eigenvalue weighted by Gasteiger charge is -2.12. The van der Waals surface area contributed by atoms with Gasteiger partial charge in [0.25, 0.3) is 0 Å². The predicted molar refractivity (Wildman–Crippen MR) is 65.5 cm³/mol. The second kappa shape index (κ2) is 4.94. The van der Waals surface area contributed by atoms with E-state index in [1.165, 1.54) is 0 Å². The Kier molecular flexibility index (Phi) is 3.37. The van der Waals surface area contributed by atoms with Gasteiger partial charge in [-0.15, -0.1) is 0 Å². The number of ether oxygens (including phenoxy) is 1. The molecule has 0 aliphatic carbocycles. The van der Waals surface area contributed by atoms with Gasteiger partial charge in [0.15, 0.2) is 0 Å². The molecule has 16 heavy (non-hydrogen) atoms. The molecule has 0 saturated carbocycles. The summed E-state index contributed by atoms with van der Waals surface area (Å²) in [5, 5.41) is 1.09. The molecule has 1 unspecified atom stereocenters.